The largest absolute Gasteiger partial charge is 0.377 e. The van der Waals surface area contributed by atoms with Gasteiger partial charge in [-0.2, -0.15) is 5.10 Å². The van der Waals surface area contributed by atoms with Crippen molar-refractivity contribution in [2.45, 2.75) is 30.4 Å². The topological polar surface area (TPSA) is 73.2 Å². The summed E-state index contributed by atoms with van der Waals surface area (Å²) in [6.45, 7) is 2.79. The molecule has 2 aromatic rings. The number of anilines is 1. The standard InChI is InChI=1S/C15H19N3O3S/c1-11-13(7-8-21-11)17-12-9-16-18(10-12)14-5-3-4-6-15(14)22(2,19)20/h3-6,9-11,13,17H,7-8H2,1-2H3/t11-,13+/m1/s1. The van der Waals surface area contributed by atoms with Gasteiger partial charge in [-0.05, 0) is 25.5 Å². The lowest BCUT2D eigenvalue weighted by atomic mass is 10.1. The molecule has 0 radical (unpaired) electrons. The van der Waals surface area contributed by atoms with Crippen LogP contribution in [0, 0.1) is 0 Å². The van der Waals surface area contributed by atoms with Gasteiger partial charge in [-0.1, -0.05) is 12.1 Å². The SMILES string of the molecule is C[C@H]1OCC[C@@H]1Nc1cnn(-c2ccccc2S(C)(=O)=O)c1. The van der Waals surface area contributed by atoms with E-state index in [-0.39, 0.29) is 17.0 Å². The van der Waals surface area contributed by atoms with Gasteiger partial charge in [0.05, 0.1) is 40.8 Å². The third kappa shape index (κ3) is 3.00. The summed E-state index contributed by atoms with van der Waals surface area (Å²) in [5.74, 6) is 0. The summed E-state index contributed by atoms with van der Waals surface area (Å²) in [5, 5.41) is 7.66. The Morgan fingerprint density at radius 3 is 2.82 bits per heavy atom. The van der Waals surface area contributed by atoms with Crippen LogP contribution >= 0.6 is 0 Å². The summed E-state index contributed by atoms with van der Waals surface area (Å²) in [6.07, 6.45) is 5.81. The Morgan fingerprint density at radius 1 is 1.36 bits per heavy atom. The number of sulfone groups is 1. The van der Waals surface area contributed by atoms with Crippen LogP contribution in [0.5, 0.6) is 0 Å². The highest BCUT2D eigenvalue weighted by atomic mass is 32.2. The van der Waals surface area contributed by atoms with Crippen LogP contribution < -0.4 is 5.32 Å². The number of rotatable bonds is 4. The number of aromatic nitrogens is 2. The fourth-order valence-electron chi connectivity index (χ4n) is 2.62. The highest BCUT2D eigenvalue weighted by Crippen LogP contribution is 2.22. The molecule has 22 heavy (non-hydrogen) atoms. The summed E-state index contributed by atoms with van der Waals surface area (Å²) in [5.41, 5.74) is 1.40. The number of ether oxygens (including phenoxy) is 1. The normalized spacial score (nSPS) is 21.9. The van der Waals surface area contributed by atoms with E-state index in [0.717, 1.165) is 18.7 Å². The van der Waals surface area contributed by atoms with Crippen LogP contribution in [0.25, 0.3) is 5.69 Å². The van der Waals surface area contributed by atoms with Crippen molar-refractivity contribution >= 4 is 15.5 Å². The van der Waals surface area contributed by atoms with Gasteiger partial charge in [-0.15, -0.1) is 0 Å². The molecule has 7 heteroatoms. The maximum Gasteiger partial charge on any atom is 0.177 e. The number of hydrogen-bond donors (Lipinski definition) is 1. The highest BCUT2D eigenvalue weighted by molar-refractivity contribution is 7.90. The van der Waals surface area contributed by atoms with Crippen molar-refractivity contribution in [2.24, 2.45) is 0 Å². The Morgan fingerprint density at radius 2 is 2.14 bits per heavy atom. The summed E-state index contributed by atoms with van der Waals surface area (Å²) >= 11 is 0. The van der Waals surface area contributed by atoms with Crippen molar-refractivity contribution in [3.63, 3.8) is 0 Å². The van der Waals surface area contributed by atoms with Crippen LogP contribution in [0.4, 0.5) is 5.69 Å². The Labute approximate surface area is 130 Å². The molecule has 1 saturated heterocycles. The third-order valence-electron chi connectivity index (χ3n) is 3.82. The van der Waals surface area contributed by atoms with Gasteiger partial charge in [0.1, 0.15) is 0 Å². The molecule has 0 unspecified atom stereocenters. The number of para-hydroxylation sites is 1. The van der Waals surface area contributed by atoms with E-state index in [4.69, 9.17) is 4.74 Å². The zero-order chi connectivity index (χ0) is 15.7. The van der Waals surface area contributed by atoms with E-state index in [9.17, 15) is 8.42 Å². The van der Waals surface area contributed by atoms with Gasteiger partial charge in [-0.25, -0.2) is 13.1 Å². The lowest BCUT2D eigenvalue weighted by molar-refractivity contribution is 0.121. The van der Waals surface area contributed by atoms with Crippen LogP contribution in [0.3, 0.4) is 0 Å². The molecule has 6 nitrogen and oxygen atoms in total. The molecule has 3 rings (SSSR count). The van der Waals surface area contributed by atoms with Gasteiger partial charge in [0.25, 0.3) is 0 Å². The predicted molar refractivity (Wildman–Crippen MR) is 84.1 cm³/mol. The summed E-state index contributed by atoms with van der Waals surface area (Å²) in [7, 11) is -3.30. The molecule has 2 atom stereocenters. The third-order valence-corrected chi connectivity index (χ3v) is 4.97. The average Bonchev–Trinajstić information content (AvgIpc) is 3.09. The van der Waals surface area contributed by atoms with Gasteiger partial charge in [-0.3, -0.25) is 0 Å². The van der Waals surface area contributed by atoms with Gasteiger partial charge in [0.15, 0.2) is 9.84 Å². The van der Waals surface area contributed by atoms with Gasteiger partial charge in [0, 0.05) is 12.9 Å². The number of benzene rings is 1. The van der Waals surface area contributed by atoms with Crippen LogP contribution in [0.15, 0.2) is 41.6 Å². The maximum atomic E-state index is 11.9. The van der Waals surface area contributed by atoms with E-state index in [1.807, 2.05) is 6.92 Å². The molecule has 0 aliphatic carbocycles. The minimum Gasteiger partial charge on any atom is -0.377 e. The van der Waals surface area contributed by atoms with Crippen molar-refractivity contribution < 1.29 is 13.2 Å². The fraction of sp³-hybridized carbons (Fsp3) is 0.400. The van der Waals surface area contributed by atoms with Gasteiger partial charge >= 0.3 is 0 Å². The van der Waals surface area contributed by atoms with Crippen molar-refractivity contribution in [3.05, 3.63) is 36.7 Å². The zero-order valence-corrected chi connectivity index (χ0v) is 13.4. The van der Waals surface area contributed by atoms with Crippen molar-refractivity contribution in [1.29, 1.82) is 0 Å². The van der Waals surface area contributed by atoms with Gasteiger partial charge < -0.3 is 10.1 Å². The van der Waals surface area contributed by atoms with E-state index in [0.29, 0.717) is 5.69 Å². The van der Waals surface area contributed by atoms with Crippen LogP contribution in [-0.2, 0) is 14.6 Å². The Kier molecular flexibility index (Phi) is 3.92. The molecule has 118 valence electrons. The Hall–Kier alpha value is -1.86. The van der Waals surface area contributed by atoms with E-state index in [2.05, 4.69) is 10.4 Å². The van der Waals surface area contributed by atoms with E-state index in [1.54, 1.807) is 41.3 Å². The van der Waals surface area contributed by atoms with Crippen molar-refractivity contribution in [2.75, 3.05) is 18.2 Å². The van der Waals surface area contributed by atoms with E-state index >= 15 is 0 Å². The number of nitrogens with zero attached hydrogens (tertiary/aromatic N) is 2. The fourth-order valence-corrected chi connectivity index (χ4v) is 3.49. The molecule has 2 heterocycles. The first kappa shape index (κ1) is 15.1. The summed E-state index contributed by atoms with van der Waals surface area (Å²) in [4.78, 5) is 0.266. The second kappa shape index (κ2) is 5.73. The van der Waals surface area contributed by atoms with Crippen LogP contribution in [-0.4, -0.2) is 43.2 Å². The predicted octanol–water partition coefficient (Wildman–Crippen LogP) is 1.87. The Bertz CT molecular complexity index is 770. The molecular formula is C15H19N3O3S. The lowest BCUT2D eigenvalue weighted by Gasteiger charge is -2.15. The first-order chi connectivity index (χ1) is 10.4. The molecule has 1 fully saturated rings. The van der Waals surface area contributed by atoms with Crippen molar-refractivity contribution in [1.82, 2.24) is 9.78 Å². The molecule has 0 saturated carbocycles. The molecule has 1 N–H and O–H groups in total. The second-order valence-electron chi connectivity index (χ2n) is 5.53. The molecule has 0 bridgehead atoms. The summed E-state index contributed by atoms with van der Waals surface area (Å²) < 4.78 is 30.9. The molecule has 1 aromatic heterocycles. The molecule has 1 aliphatic rings. The highest BCUT2D eigenvalue weighted by Gasteiger charge is 2.24. The summed E-state index contributed by atoms with van der Waals surface area (Å²) in [6, 6.07) is 7.09. The first-order valence-electron chi connectivity index (χ1n) is 7.17. The maximum absolute atomic E-state index is 11.9. The Balaban J connectivity index is 1.88. The molecular weight excluding hydrogens is 302 g/mol. The molecule has 1 aromatic carbocycles. The molecule has 1 aliphatic heterocycles. The smallest absolute Gasteiger partial charge is 0.177 e. The average molecular weight is 321 g/mol. The molecule has 0 amide bonds. The zero-order valence-electron chi connectivity index (χ0n) is 12.6. The minimum atomic E-state index is -3.30. The van der Waals surface area contributed by atoms with E-state index in [1.165, 1.54) is 6.26 Å². The van der Waals surface area contributed by atoms with Crippen molar-refractivity contribution in [3.8, 4) is 5.69 Å². The quantitative estimate of drug-likeness (QED) is 0.930. The molecule has 0 spiro atoms. The minimum absolute atomic E-state index is 0.159. The van der Waals surface area contributed by atoms with Crippen LogP contribution in [0.2, 0.25) is 0 Å². The second-order valence-corrected chi connectivity index (χ2v) is 7.51. The van der Waals surface area contributed by atoms with E-state index < -0.39 is 9.84 Å². The monoisotopic (exact) mass is 321 g/mol. The van der Waals surface area contributed by atoms with Crippen LogP contribution in [0.1, 0.15) is 13.3 Å². The number of hydrogen-bond acceptors (Lipinski definition) is 5. The number of nitrogens with one attached hydrogen (secondary N) is 1. The first-order valence-corrected chi connectivity index (χ1v) is 9.06. The van der Waals surface area contributed by atoms with Gasteiger partial charge in [0.2, 0.25) is 0 Å². The lowest BCUT2D eigenvalue weighted by Crippen LogP contribution is -2.26.